The van der Waals surface area contributed by atoms with Crippen LogP contribution in [-0.2, 0) is 9.84 Å². The number of rotatable bonds is 0. The van der Waals surface area contributed by atoms with Crippen LogP contribution in [0.2, 0.25) is 0 Å². The van der Waals surface area contributed by atoms with Crippen LogP contribution >= 0.6 is 0 Å². The van der Waals surface area contributed by atoms with E-state index in [4.69, 9.17) is 0 Å². The van der Waals surface area contributed by atoms with Gasteiger partial charge in [-0.05, 0) is 0 Å². The van der Waals surface area contributed by atoms with E-state index in [1.54, 1.807) is 0 Å². The second kappa shape index (κ2) is 2.28. The zero-order valence-electron chi connectivity index (χ0n) is 5.33. The first-order chi connectivity index (χ1) is 4.61. The highest BCUT2D eigenvalue weighted by molar-refractivity contribution is 8.05. The lowest BCUT2D eigenvalue weighted by Crippen LogP contribution is -2.26. The summed E-state index contributed by atoms with van der Waals surface area (Å²) in [6.07, 6.45) is 3.78. The van der Waals surface area contributed by atoms with Crippen molar-refractivity contribution in [2.45, 2.75) is 0 Å². The fourth-order valence-electron chi connectivity index (χ4n) is 0.477. The van der Waals surface area contributed by atoms with Crippen LogP contribution in [0, 0.1) is 0 Å². The van der Waals surface area contributed by atoms with Crippen molar-refractivity contribution >= 4 is 15.0 Å². The van der Waals surface area contributed by atoms with E-state index in [9.17, 15) is 8.42 Å². The van der Waals surface area contributed by atoms with Gasteiger partial charge in [0.1, 0.15) is 0 Å². The zero-order chi connectivity index (χ0) is 7.61. The lowest BCUT2D eigenvalue weighted by atomic mass is 10.7. The molecule has 5 heteroatoms. The number of aliphatic imine (C=N–C) groups is 1. The quantitative estimate of drug-likeness (QED) is 0.489. The topological polar surface area (TPSA) is 58.5 Å². The van der Waals surface area contributed by atoms with E-state index < -0.39 is 9.84 Å². The van der Waals surface area contributed by atoms with Gasteiger partial charge < -0.3 is 5.32 Å². The highest BCUT2D eigenvalue weighted by Gasteiger charge is 2.11. The molecule has 0 fully saturated rings. The highest BCUT2D eigenvalue weighted by atomic mass is 32.2. The minimum atomic E-state index is -3.19. The molecule has 1 aliphatic heterocycles. The van der Waals surface area contributed by atoms with E-state index in [-0.39, 0.29) is 5.17 Å². The highest BCUT2D eigenvalue weighted by Crippen LogP contribution is 1.90. The average Bonchev–Trinajstić information content (AvgIpc) is 1.88. The Morgan fingerprint density at radius 3 is 2.70 bits per heavy atom. The summed E-state index contributed by atoms with van der Waals surface area (Å²) in [5, 5.41) is 2.42. The monoisotopic (exact) mass is 158 g/mol. The Morgan fingerprint density at radius 2 is 2.40 bits per heavy atom. The van der Waals surface area contributed by atoms with Crippen molar-refractivity contribution in [2.75, 3.05) is 6.26 Å². The largest absolute Gasteiger partial charge is 0.330 e. The van der Waals surface area contributed by atoms with E-state index in [0.717, 1.165) is 6.26 Å². The molecule has 0 amide bonds. The predicted octanol–water partition coefficient (Wildman–Crippen LogP) is -0.383. The molecule has 0 aromatic rings. The normalized spacial score (nSPS) is 16.3. The summed E-state index contributed by atoms with van der Waals surface area (Å²) >= 11 is 0. The van der Waals surface area contributed by atoms with Crippen molar-refractivity contribution in [1.29, 1.82) is 0 Å². The van der Waals surface area contributed by atoms with Gasteiger partial charge in [-0.15, -0.1) is 0 Å². The van der Waals surface area contributed by atoms with Crippen molar-refractivity contribution in [1.82, 2.24) is 5.32 Å². The molecule has 0 saturated carbocycles. The molecule has 0 spiro atoms. The van der Waals surface area contributed by atoms with Gasteiger partial charge in [0.25, 0.3) is 0 Å². The molecule has 54 valence electrons. The number of sulfone groups is 1. The van der Waals surface area contributed by atoms with Crippen LogP contribution in [-0.4, -0.2) is 19.8 Å². The van der Waals surface area contributed by atoms with Crippen LogP contribution in [0.5, 0.6) is 0 Å². The Hall–Kier alpha value is -1.06. The van der Waals surface area contributed by atoms with Gasteiger partial charge in [-0.3, -0.25) is 0 Å². The van der Waals surface area contributed by atoms with E-state index in [1.807, 2.05) is 0 Å². The number of hydrogen-bond acceptors (Lipinski definition) is 4. The van der Waals surface area contributed by atoms with Gasteiger partial charge in [0.15, 0.2) is 0 Å². The Balaban J connectivity index is 3.01. The summed E-state index contributed by atoms with van der Waals surface area (Å²) in [6.45, 7) is 0. The maximum Gasteiger partial charge on any atom is 0.225 e. The fraction of sp³-hybridized carbons (Fsp3) is 0.200. The maximum atomic E-state index is 10.7. The Morgan fingerprint density at radius 1 is 1.70 bits per heavy atom. The summed E-state index contributed by atoms with van der Waals surface area (Å²) in [6, 6.07) is 0. The van der Waals surface area contributed by atoms with Crippen molar-refractivity contribution < 1.29 is 8.42 Å². The van der Waals surface area contributed by atoms with E-state index in [2.05, 4.69) is 16.0 Å². The Labute approximate surface area is 58.9 Å². The molecule has 4 nitrogen and oxygen atoms in total. The maximum absolute atomic E-state index is 10.7. The molecule has 0 aromatic carbocycles. The third-order valence-corrected chi connectivity index (χ3v) is 1.81. The lowest BCUT2D eigenvalue weighted by molar-refractivity contribution is 0.611. The van der Waals surface area contributed by atoms with Crippen LogP contribution in [0.3, 0.4) is 0 Å². The van der Waals surface area contributed by atoms with Crippen LogP contribution in [0.4, 0.5) is 0 Å². The third kappa shape index (κ3) is 1.46. The van der Waals surface area contributed by atoms with Gasteiger partial charge in [-0.25, -0.2) is 13.4 Å². The van der Waals surface area contributed by atoms with E-state index in [1.165, 1.54) is 12.4 Å². The molecule has 1 heterocycles. The molecular formula is C5H6N2O2S. The molecule has 1 rings (SSSR count). The Kier molecular flexibility index (Phi) is 1.61. The summed E-state index contributed by atoms with van der Waals surface area (Å²) in [7, 11) is -3.19. The number of nitrogens with zero attached hydrogens (tertiary/aromatic N) is 1. The number of nitrogens with one attached hydrogen (secondary N) is 1. The minimum Gasteiger partial charge on any atom is -0.330 e. The SMILES string of the molecule is CS(=O)(=O)C1=NC=C=CN1. The fourth-order valence-corrected chi connectivity index (χ4v) is 0.994. The Bertz CT molecular complexity index is 320. The zero-order valence-corrected chi connectivity index (χ0v) is 6.14. The number of amidine groups is 1. The molecule has 0 aliphatic carbocycles. The average molecular weight is 158 g/mol. The van der Waals surface area contributed by atoms with Crippen molar-refractivity contribution in [3.05, 3.63) is 18.1 Å². The summed E-state index contributed by atoms with van der Waals surface area (Å²) in [5.74, 6) is 0. The molecule has 1 N–H and O–H groups in total. The first kappa shape index (κ1) is 7.05. The van der Waals surface area contributed by atoms with Crippen molar-refractivity contribution in [3.8, 4) is 0 Å². The molecule has 0 unspecified atom stereocenters. The predicted molar refractivity (Wildman–Crippen MR) is 38.1 cm³/mol. The molecule has 0 atom stereocenters. The van der Waals surface area contributed by atoms with Gasteiger partial charge in [0.05, 0.1) is 6.20 Å². The van der Waals surface area contributed by atoms with E-state index in [0.29, 0.717) is 0 Å². The van der Waals surface area contributed by atoms with Gasteiger partial charge in [0, 0.05) is 12.5 Å². The third-order valence-electron chi connectivity index (χ3n) is 0.887. The van der Waals surface area contributed by atoms with E-state index >= 15 is 0 Å². The van der Waals surface area contributed by atoms with Gasteiger partial charge in [0.2, 0.25) is 15.0 Å². The smallest absolute Gasteiger partial charge is 0.225 e. The summed E-state index contributed by atoms with van der Waals surface area (Å²) in [4.78, 5) is 3.55. The summed E-state index contributed by atoms with van der Waals surface area (Å²) < 4.78 is 21.5. The first-order valence-corrected chi connectivity index (χ1v) is 4.43. The van der Waals surface area contributed by atoms with Crippen LogP contribution in [0.15, 0.2) is 23.1 Å². The second-order valence-electron chi connectivity index (χ2n) is 1.79. The van der Waals surface area contributed by atoms with Crippen LogP contribution in [0.1, 0.15) is 0 Å². The van der Waals surface area contributed by atoms with Crippen LogP contribution in [0.25, 0.3) is 0 Å². The molecule has 10 heavy (non-hydrogen) atoms. The van der Waals surface area contributed by atoms with Crippen molar-refractivity contribution in [3.63, 3.8) is 0 Å². The molecular weight excluding hydrogens is 152 g/mol. The standard InChI is InChI=1S/C5H6N2O2S/c1-10(8,9)5-6-3-2-4-7-5/h3-4H,1H3,(H,6,7). The molecule has 0 radical (unpaired) electrons. The first-order valence-electron chi connectivity index (χ1n) is 2.54. The van der Waals surface area contributed by atoms with Gasteiger partial charge in [-0.2, -0.15) is 0 Å². The van der Waals surface area contributed by atoms with Crippen molar-refractivity contribution in [2.24, 2.45) is 4.99 Å². The molecule has 0 aromatic heterocycles. The molecule has 1 aliphatic rings. The second-order valence-corrected chi connectivity index (χ2v) is 3.72. The van der Waals surface area contributed by atoms with Gasteiger partial charge in [-0.1, -0.05) is 5.73 Å². The molecule has 0 saturated heterocycles. The minimum absolute atomic E-state index is 0.0359. The molecule has 0 bridgehead atoms. The summed E-state index contributed by atoms with van der Waals surface area (Å²) in [5.41, 5.74) is 2.57. The lowest BCUT2D eigenvalue weighted by Gasteiger charge is -2.01. The van der Waals surface area contributed by atoms with Crippen LogP contribution < -0.4 is 5.32 Å². The van der Waals surface area contributed by atoms with Gasteiger partial charge >= 0.3 is 0 Å². The number of hydrogen-bond donors (Lipinski definition) is 1.